The lowest BCUT2D eigenvalue weighted by molar-refractivity contribution is 0.0985. The van der Waals surface area contributed by atoms with Crippen molar-refractivity contribution in [2.24, 2.45) is 0 Å². The van der Waals surface area contributed by atoms with Crippen LogP contribution in [0.5, 0.6) is 0 Å². The molecular formula is C24H19NO2. The summed E-state index contributed by atoms with van der Waals surface area (Å²) < 4.78 is 0. The van der Waals surface area contributed by atoms with Gasteiger partial charge in [0, 0.05) is 28.9 Å². The standard InChI is InChI=1S/C24H19NO2/c1-15-8-11-22-16(13-15)5-4-12-25(22)24(27)17-9-10-19-18-6-2-3-7-20(18)23(26)21(19)14-17/h2-3,6-11,13-14H,4-5,12H2,1H3. The van der Waals surface area contributed by atoms with E-state index in [9.17, 15) is 9.59 Å². The number of anilines is 1. The van der Waals surface area contributed by atoms with Gasteiger partial charge in [-0.15, -0.1) is 0 Å². The molecule has 1 amide bonds. The fourth-order valence-electron chi connectivity index (χ4n) is 4.25. The van der Waals surface area contributed by atoms with E-state index in [2.05, 4.69) is 13.0 Å². The Balaban J connectivity index is 1.55. The van der Waals surface area contributed by atoms with Crippen LogP contribution in [-0.4, -0.2) is 18.2 Å². The molecule has 0 spiro atoms. The summed E-state index contributed by atoms with van der Waals surface area (Å²) in [4.78, 5) is 27.8. The molecule has 27 heavy (non-hydrogen) atoms. The first kappa shape index (κ1) is 16.0. The number of fused-ring (bicyclic) bond motifs is 4. The lowest BCUT2D eigenvalue weighted by Crippen LogP contribution is -2.35. The number of hydrogen-bond acceptors (Lipinski definition) is 2. The second-order valence-corrected chi connectivity index (χ2v) is 7.33. The summed E-state index contributed by atoms with van der Waals surface area (Å²) in [6.45, 7) is 2.78. The van der Waals surface area contributed by atoms with Gasteiger partial charge in [-0.3, -0.25) is 9.59 Å². The SMILES string of the molecule is Cc1ccc2c(c1)CCCN2C(=O)c1ccc2c(c1)C(=O)c1ccccc1-2. The van der Waals surface area contributed by atoms with Gasteiger partial charge >= 0.3 is 0 Å². The Morgan fingerprint density at radius 3 is 2.52 bits per heavy atom. The zero-order valence-electron chi connectivity index (χ0n) is 15.2. The number of carbonyl (C=O) groups excluding carboxylic acids is 2. The zero-order valence-corrected chi connectivity index (χ0v) is 15.2. The van der Waals surface area contributed by atoms with Gasteiger partial charge in [0.15, 0.2) is 5.78 Å². The molecule has 0 aromatic heterocycles. The van der Waals surface area contributed by atoms with E-state index >= 15 is 0 Å². The third-order valence-corrected chi connectivity index (χ3v) is 5.57. The minimum atomic E-state index is -0.0358. The van der Waals surface area contributed by atoms with Crippen LogP contribution in [0.4, 0.5) is 5.69 Å². The molecule has 0 unspecified atom stereocenters. The van der Waals surface area contributed by atoms with E-state index in [4.69, 9.17) is 0 Å². The summed E-state index contributed by atoms with van der Waals surface area (Å²) in [5.74, 6) is -0.0312. The van der Waals surface area contributed by atoms with Gasteiger partial charge in [-0.25, -0.2) is 0 Å². The minimum Gasteiger partial charge on any atom is -0.308 e. The van der Waals surface area contributed by atoms with E-state index in [1.165, 1.54) is 11.1 Å². The number of ketones is 1. The van der Waals surface area contributed by atoms with Crippen molar-refractivity contribution in [3.63, 3.8) is 0 Å². The lowest BCUT2D eigenvalue weighted by Gasteiger charge is -2.30. The molecule has 132 valence electrons. The fourth-order valence-corrected chi connectivity index (χ4v) is 4.25. The van der Waals surface area contributed by atoms with Crippen LogP contribution in [0.15, 0.2) is 60.7 Å². The van der Waals surface area contributed by atoms with Gasteiger partial charge in [-0.05, 0) is 54.7 Å². The quantitative estimate of drug-likeness (QED) is 0.493. The van der Waals surface area contributed by atoms with Crippen LogP contribution < -0.4 is 4.90 Å². The van der Waals surface area contributed by atoms with Crippen molar-refractivity contribution in [3.05, 3.63) is 88.5 Å². The Kier molecular flexibility index (Phi) is 3.51. The van der Waals surface area contributed by atoms with E-state index in [0.29, 0.717) is 17.7 Å². The molecule has 3 heteroatoms. The lowest BCUT2D eigenvalue weighted by atomic mass is 9.98. The first-order valence-corrected chi connectivity index (χ1v) is 9.33. The van der Waals surface area contributed by atoms with Crippen molar-refractivity contribution in [2.45, 2.75) is 19.8 Å². The summed E-state index contributed by atoms with van der Waals surface area (Å²) in [5.41, 5.74) is 7.22. The number of rotatable bonds is 1. The van der Waals surface area contributed by atoms with Gasteiger partial charge in [0.2, 0.25) is 0 Å². The molecular weight excluding hydrogens is 334 g/mol. The Morgan fingerprint density at radius 2 is 1.67 bits per heavy atom. The van der Waals surface area contributed by atoms with Crippen LogP contribution >= 0.6 is 0 Å². The highest BCUT2D eigenvalue weighted by molar-refractivity contribution is 6.22. The molecule has 1 aliphatic carbocycles. The van der Waals surface area contributed by atoms with Gasteiger partial charge in [-0.2, -0.15) is 0 Å². The molecule has 0 radical (unpaired) electrons. The second-order valence-electron chi connectivity index (χ2n) is 7.33. The molecule has 3 aromatic rings. The van der Waals surface area contributed by atoms with Crippen molar-refractivity contribution >= 4 is 17.4 Å². The smallest absolute Gasteiger partial charge is 0.258 e. The molecule has 5 rings (SSSR count). The van der Waals surface area contributed by atoms with Gasteiger partial charge in [0.25, 0.3) is 5.91 Å². The van der Waals surface area contributed by atoms with E-state index in [1.807, 2.05) is 53.4 Å². The third kappa shape index (κ3) is 2.42. The Hall–Kier alpha value is -3.20. The van der Waals surface area contributed by atoms with E-state index in [1.54, 1.807) is 6.07 Å². The third-order valence-electron chi connectivity index (χ3n) is 5.57. The topological polar surface area (TPSA) is 37.4 Å². The van der Waals surface area contributed by atoms with E-state index < -0.39 is 0 Å². The molecule has 0 fully saturated rings. The van der Waals surface area contributed by atoms with Gasteiger partial charge in [-0.1, -0.05) is 48.0 Å². The highest BCUT2D eigenvalue weighted by Gasteiger charge is 2.29. The molecule has 1 aliphatic heterocycles. The van der Waals surface area contributed by atoms with Crippen molar-refractivity contribution in [3.8, 4) is 11.1 Å². The number of aryl methyl sites for hydroxylation is 2. The number of nitrogens with zero attached hydrogens (tertiary/aromatic N) is 1. The predicted molar refractivity (Wildman–Crippen MR) is 106 cm³/mol. The predicted octanol–water partition coefficient (Wildman–Crippen LogP) is 4.80. The molecule has 2 aliphatic rings. The zero-order chi connectivity index (χ0) is 18.5. The van der Waals surface area contributed by atoms with Crippen molar-refractivity contribution in [1.29, 1.82) is 0 Å². The second kappa shape index (κ2) is 5.92. The largest absolute Gasteiger partial charge is 0.308 e. The van der Waals surface area contributed by atoms with Crippen molar-refractivity contribution in [2.75, 3.05) is 11.4 Å². The van der Waals surface area contributed by atoms with Gasteiger partial charge in [0.1, 0.15) is 0 Å². The van der Waals surface area contributed by atoms with E-state index in [0.717, 1.165) is 35.2 Å². The molecule has 0 atom stereocenters. The molecule has 0 saturated carbocycles. The summed E-state index contributed by atoms with van der Waals surface area (Å²) in [7, 11) is 0. The van der Waals surface area contributed by atoms with Gasteiger partial charge < -0.3 is 4.90 Å². The maximum atomic E-state index is 13.2. The molecule has 1 heterocycles. The molecule has 0 N–H and O–H groups in total. The Morgan fingerprint density at radius 1 is 0.889 bits per heavy atom. The first-order chi connectivity index (χ1) is 13.1. The summed E-state index contributed by atoms with van der Waals surface area (Å²) in [6, 6.07) is 19.4. The van der Waals surface area contributed by atoms with Crippen LogP contribution in [0.2, 0.25) is 0 Å². The number of carbonyl (C=O) groups is 2. The monoisotopic (exact) mass is 353 g/mol. The van der Waals surface area contributed by atoms with Gasteiger partial charge in [0.05, 0.1) is 0 Å². The summed E-state index contributed by atoms with van der Waals surface area (Å²) in [5, 5.41) is 0. The first-order valence-electron chi connectivity index (χ1n) is 9.33. The van der Waals surface area contributed by atoms with Crippen LogP contribution in [0.25, 0.3) is 11.1 Å². The molecule has 3 nitrogen and oxygen atoms in total. The Bertz CT molecular complexity index is 1110. The highest BCUT2D eigenvalue weighted by atomic mass is 16.2. The van der Waals surface area contributed by atoms with Crippen LogP contribution in [0.1, 0.15) is 43.8 Å². The highest BCUT2D eigenvalue weighted by Crippen LogP contribution is 2.37. The number of benzene rings is 3. The van der Waals surface area contributed by atoms with Crippen LogP contribution in [-0.2, 0) is 6.42 Å². The Labute approximate surface area is 158 Å². The average molecular weight is 353 g/mol. The maximum Gasteiger partial charge on any atom is 0.258 e. The summed E-state index contributed by atoms with van der Waals surface area (Å²) >= 11 is 0. The molecule has 3 aromatic carbocycles. The number of amides is 1. The number of hydrogen-bond donors (Lipinski definition) is 0. The van der Waals surface area contributed by atoms with Crippen molar-refractivity contribution in [1.82, 2.24) is 0 Å². The van der Waals surface area contributed by atoms with E-state index in [-0.39, 0.29) is 11.7 Å². The van der Waals surface area contributed by atoms with Crippen molar-refractivity contribution < 1.29 is 9.59 Å². The summed E-state index contributed by atoms with van der Waals surface area (Å²) in [6.07, 6.45) is 1.95. The molecule has 0 bridgehead atoms. The average Bonchev–Trinajstić information content (AvgIpc) is 2.99. The molecule has 0 saturated heterocycles. The minimum absolute atomic E-state index is 0.00455. The maximum absolute atomic E-state index is 13.2. The normalized spacial score (nSPS) is 14.6. The fraction of sp³-hybridized carbons (Fsp3) is 0.167. The van der Waals surface area contributed by atoms with Crippen LogP contribution in [0, 0.1) is 6.92 Å². The van der Waals surface area contributed by atoms with Crippen LogP contribution in [0.3, 0.4) is 0 Å².